The van der Waals surface area contributed by atoms with Gasteiger partial charge in [0.25, 0.3) is 0 Å². The van der Waals surface area contributed by atoms with E-state index in [4.69, 9.17) is 5.26 Å². The largest absolute Gasteiger partial charge is 0.207 e. The highest BCUT2D eigenvalue weighted by Gasteiger charge is 1.90. The third-order valence-corrected chi connectivity index (χ3v) is 1.43. The van der Waals surface area contributed by atoms with Gasteiger partial charge < -0.3 is 0 Å². The van der Waals surface area contributed by atoms with Gasteiger partial charge in [-0.05, 0) is 30.7 Å². The van der Waals surface area contributed by atoms with E-state index in [1.807, 2.05) is 6.07 Å². The Hall–Kier alpha value is -1.62. The average molecular weight is 161 g/mol. The van der Waals surface area contributed by atoms with Crippen molar-refractivity contribution >= 4 is 6.08 Å². The number of halogens is 1. The highest BCUT2D eigenvalue weighted by Crippen LogP contribution is 2.07. The molecule has 0 saturated carbocycles. The molecule has 60 valence electrons. The van der Waals surface area contributed by atoms with Gasteiger partial charge in [-0.15, -0.1) is 0 Å². The van der Waals surface area contributed by atoms with Crippen LogP contribution >= 0.6 is 0 Å². The predicted molar refractivity (Wildman–Crippen MR) is 45.7 cm³/mol. The van der Waals surface area contributed by atoms with Crippen molar-refractivity contribution < 1.29 is 4.39 Å². The van der Waals surface area contributed by atoms with E-state index in [0.717, 1.165) is 5.56 Å². The van der Waals surface area contributed by atoms with Crippen molar-refractivity contribution in [2.24, 2.45) is 0 Å². The number of allylic oxidation sites excluding steroid dienone is 1. The summed E-state index contributed by atoms with van der Waals surface area (Å²) in [5.41, 5.74) is 1.46. The maximum atomic E-state index is 12.4. The second kappa shape index (κ2) is 3.68. The molecule has 0 atom stereocenters. The lowest BCUT2D eigenvalue weighted by Crippen LogP contribution is -1.75. The van der Waals surface area contributed by atoms with Gasteiger partial charge in [-0.25, -0.2) is 4.39 Å². The van der Waals surface area contributed by atoms with E-state index < -0.39 is 0 Å². The maximum Gasteiger partial charge on any atom is 0.123 e. The van der Waals surface area contributed by atoms with Crippen molar-refractivity contribution in [1.82, 2.24) is 0 Å². The Labute approximate surface area is 70.8 Å². The fourth-order valence-corrected chi connectivity index (χ4v) is 0.841. The van der Waals surface area contributed by atoms with Gasteiger partial charge >= 0.3 is 0 Å². The minimum Gasteiger partial charge on any atom is -0.207 e. The Morgan fingerprint density at radius 1 is 1.42 bits per heavy atom. The molecule has 1 aromatic rings. The molecule has 0 aromatic heterocycles. The molecule has 1 nitrogen and oxygen atoms in total. The fraction of sp³-hybridized carbons (Fsp3) is 0.100. The second-order valence-electron chi connectivity index (χ2n) is 2.49. The monoisotopic (exact) mass is 161 g/mol. The Balaban J connectivity index is 2.93. The third kappa shape index (κ3) is 2.21. The number of nitriles is 1. The van der Waals surface area contributed by atoms with Gasteiger partial charge in [-0.1, -0.05) is 12.1 Å². The summed E-state index contributed by atoms with van der Waals surface area (Å²) in [4.78, 5) is 0. The molecule has 0 bridgehead atoms. The van der Waals surface area contributed by atoms with E-state index in [1.54, 1.807) is 25.1 Å². The topological polar surface area (TPSA) is 23.8 Å². The molecule has 0 heterocycles. The summed E-state index contributed by atoms with van der Waals surface area (Å²) in [5.74, 6) is -0.262. The van der Waals surface area contributed by atoms with Gasteiger partial charge in [0.1, 0.15) is 5.82 Å². The number of hydrogen-bond donors (Lipinski definition) is 0. The molecule has 0 unspecified atom stereocenters. The SMILES string of the molecule is C/C(C#N)=C/c1ccc(F)cc1. The fourth-order valence-electron chi connectivity index (χ4n) is 0.841. The Bertz CT molecular complexity index is 330. The third-order valence-electron chi connectivity index (χ3n) is 1.43. The molecule has 2 heteroatoms. The van der Waals surface area contributed by atoms with Crippen LogP contribution in [-0.2, 0) is 0 Å². The van der Waals surface area contributed by atoms with Crippen molar-refractivity contribution in [1.29, 1.82) is 5.26 Å². The van der Waals surface area contributed by atoms with Crippen LogP contribution in [0, 0.1) is 17.1 Å². The van der Waals surface area contributed by atoms with Gasteiger partial charge in [-0.3, -0.25) is 0 Å². The molecule has 12 heavy (non-hydrogen) atoms. The molecule has 0 aliphatic carbocycles. The molecule has 0 aliphatic rings. The first-order valence-electron chi connectivity index (χ1n) is 3.56. The zero-order valence-electron chi connectivity index (χ0n) is 6.71. The molecule has 1 rings (SSSR count). The van der Waals surface area contributed by atoms with Crippen LogP contribution in [0.1, 0.15) is 12.5 Å². The van der Waals surface area contributed by atoms with Gasteiger partial charge in [0.05, 0.1) is 6.07 Å². The Kier molecular flexibility index (Phi) is 2.60. The number of hydrogen-bond acceptors (Lipinski definition) is 1. The van der Waals surface area contributed by atoms with Crippen molar-refractivity contribution in [3.63, 3.8) is 0 Å². The summed E-state index contributed by atoms with van der Waals surface area (Å²) in [6.07, 6.45) is 1.71. The van der Waals surface area contributed by atoms with Gasteiger partial charge in [0.15, 0.2) is 0 Å². The molecule has 0 radical (unpaired) electrons. The smallest absolute Gasteiger partial charge is 0.123 e. The van der Waals surface area contributed by atoms with Crippen LogP contribution in [0.2, 0.25) is 0 Å². The lowest BCUT2D eigenvalue weighted by molar-refractivity contribution is 0.628. The first-order valence-corrected chi connectivity index (χ1v) is 3.56. The zero-order chi connectivity index (χ0) is 8.97. The lowest BCUT2D eigenvalue weighted by Gasteiger charge is -1.92. The Morgan fingerprint density at radius 2 is 2.00 bits per heavy atom. The van der Waals surface area contributed by atoms with Crippen LogP contribution in [0.3, 0.4) is 0 Å². The summed E-state index contributed by atoms with van der Waals surface area (Å²) in [6.45, 7) is 1.71. The first kappa shape index (κ1) is 8.48. The number of nitrogens with zero attached hydrogens (tertiary/aromatic N) is 1. The normalized spacial score (nSPS) is 10.9. The van der Waals surface area contributed by atoms with E-state index in [-0.39, 0.29) is 5.82 Å². The van der Waals surface area contributed by atoms with Crippen LogP contribution in [0.25, 0.3) is 6.08 Å². The molecule has 0 spiro atoms. The van der Waals surface area contributed by atoms with Crippen molar-refractivity contribution in [2.75, 3.05) is 0 Å². The van der Waals surface area contributed by atoms with Crippen molar-refractivity contribution in [3.05, 3.63) is 41.2 Å². The minimum atomic E-state index is -0.262. The highest BCUT2D eigenvalue weighted by atomic mass is 19.1. The Morgan fingerprint density at radius 3 is 2.50 bits per heavy atom. The molecule has 0 fully saturated rings. The lowest BCUT2D eigenvalue weighted by atomic mass is 10.1. The highest BCUT2D eigenvalue weighted by molar-refractivity contribution is 5.55. The maximum absolute atomic E-state index is 12.4. The zero-order valence-corrected chi connectivity index (χ0v) is 6.71. The van der Waals surface area contributed by atoms with Crippen molar-refractivity contribution in [3.8, 4) is 6.07 Å². The molecule has 0 saturated heterocycles. The summed E-state index contributed by atoms with van der Waals surface area (Å²) < 4.78 is 12.4. The summed E-state index contributed by atoms with van der Waals surface area (Å²) >= 11 is 0. The van der Waals surface area contributed by atoms with Crippen molar-refractivity contribution in [2.45, 2.75) is 6.92 Å². The van der Waals surface area contributed by atoms with Crippen LogP contribution in [0.15, 0.2) is 29.8 Å². The van der Waals surface area contributed by atoms with E-state index in [2.05, 4.69) is 0 Å². The summed E-state index contributed by atoms with van der Waals surface area (Å²) in [7, 11) is 0. The predicted octanol–water partition coefficient (Wildman–Crippen LogP) is 2.75. The standard InChI is InChI=1S/C10H8FN/c1-8(7-12)6-9-2-4-10(11)5-3-9/h2-6H,1H3/b8-6-. The van der Waals surface area contributed by atoms with E-state index in [1.165, 1.54) is 12.1 Å². The van der Waals surface area contributed by atoms with E-state index in [9.17, 15) is 4.39 Å². The van der Waals surface area contributed by atoms with Crippen LogP contribution in [0.5, 0.6) is 0 Å². The van der Waals surface area contributed by atoms with Crippen LogP contribution in [-0.4, -0.2) is 0 Å². The van der Waals surface area contributed by atoms with Crippen LogP contribution in [0.4, 0.5) is 4.39 Å². The quantitative estimate of drug-likeness (QED) is 0.581. The van der Waals surface area contributed by atoms with Gasteiger partial charge in [-0.2, -0.15) is 5.26 Å². The van der Waals surface area contributed by atoms with E-state index in [0.29, 0.717) is 5.57 Å². The first-order chi connectivity index (χ1) is 5.72. The molecular formula is C10H8FN. The molecule has 0 N–H and O–H groups in total. The second-order valence-corrected chi connectivity index (χ2v) is 2.49. The van der Waals surface area contributed by atoms with Gasteiger partial charge in [0, 0.05) is 5.57 Å². The molecule has 0 amide bonds. The van der Waals surface area contributed by atoms with E-state index >= 15 is 0 Å². The molecular weight excluding hydrogens is 153 g/mol. The number of rotatable bonds is 1. The summed E-state index contributed by atoms with van der Waals surface area (Å²) in [5, 5.41) is 8.46. The molecule has 0 aliphatic heterocycles. The van der Waals surface area contributed by atoms with Crippen LogP contribution < -0.4 is 0 Å². The van der Waals surface area contributed by atoms with Gasteiger partial charge in [0.2, 0.25) is 0 Å². The minimum absolute atomic E-state index is 0.262. The average Bonchev–Trinajstić information content (AvgIpc) is 2.09. The summed E-state index contributed by atoms with van der Waals surface area (Å²) in [6, 6.07) is 8.01. The molecule has 1 aromatic carbocycles. The number of benzene rings is 1.